The quantitative estimate of drug-likeness (QED) is 0.626. The molecular weight excluding hydrogens is 136 g/mol. The van der Waals surface area contributed by atoms with Crippen molar-refractivity contribution in [3.8, 4) is 0 Å². The van der Waals surface area contributed by atoms with E-state index < -0.39 is 0 Å². The summed E-state index contributed by atoms with van der Waals surface area (Å²) < 4.78 is 0. The lowest BCUT2D eigenvalue weighted by atomic mass is 9.96. The molecule has 64 valence electrons. The summed E-state index contributed by atoms with van der Waals surface area (Å²) in [7, 11) is 0. The Morgan fingerprint density at radius 2 is 1.91 bits per heavy atom. The highest BCUT2D eigenvalue weighted by molar-refractivity contribution is 4.98. The van der Waals surface area contributed by atoms with Gasteiger partial charge in [0.25, 0.3) is 0 Å². The van der Waals surface area contributed by atoms with Gasteiger partial charge in [-0.3, -0.25) is 0 Å². The van der Waals surface area contributed by atoms with E-state index in [0.29, 0.717) is 5.54 Å². The molecule has 0 spiro atoms. The first kappa shape index (κ1) is 7.56. The van der Waals surface area contributed by atoms with E-state index in [1.165, 1.54) is 12.8 Å². The largest absolute Gasteiger partial charge is 0.314 e. The molecule has 2 fully saturated rings. The van der Waals surface area contributed by atoms with E-state index in [-0.39, 0.29) is 0 Å². The SMILES string of the molecule is CC(C)(NC1CNC1)C1CC1. The van der Waals surface area contributed by atoms with Gasteiger partial charge >= 0.3 is 0 Å². The van der Waals surface area contributed by atoms with Crippen molar-refractivity contribution < 1.29 is 0 Å². The van der Waals surface area contributed by atoms with Crippen LogP contribution in [0.4, 0.5) is 0 Å². The van der Waals surface area contributed by atoms with Crippen LogP contribution in [-0.2, 0) is 0 Å². The van der Waals surface area contributed by atoms with E-state index in [1.807, 2.05) is 0 Å². The fraction of sp³-hybridized carbons (Fsp3) is 1.00. The third kappa shape index (κ3) is 1.57. The first-order valence-electron chi connectivity index (χ1n) is 4.67. The monoisotopic (exact) mass is 154 g/mol. The molecule has 0 unspecified atom stereocenters. The second-order valence-electron chi connectivity index (χ2n) is 4.50. The summed E-state index contributed by atoms with van der Waals surface area (Å²) in [5.74, 6) is 0.947. The summed E-state index contributed by atoms with van der Waals surface area (Å²) in [5.41, 5.74) is 0.396. The van der Waals surface area contributed by atoms with Gasteiger partial charge in [-0.15, -0.1) is 0 Å². The zero-order chi connectivity index (χ0) is 7.90. The van der Waals surface area contributed by atoms with E-state index in [2.05, 4.69) is 24.5 Å². The molecule has 1 aliphatic carbocycles. The molecule has 0 radical (unpaired) electrons. The maximum Gasteiger partial charge on any atom is 0.0322 e. The zero-order valence-electron chi connectivity index (χ0n) is 7.48. The molecule has 0 atom stereocenters. The van der Waals surface area contributed by atoms with Gasteiger partial charge in [0.15, 0.2) is 0 Å². The number of hydrogen-bond donors (Lipinski definition) is 2. The van der Waals surface area contributed by atoms with Gasteiger partial charge in [0.1, 0.15) is 0 Å². The predicted molar refractivity (Wildman–Crippen MR) is 46.6 cm³/mol. The van der Waals surface area contributed by atoms with Crippen molar-refractivity contribution >= 4 is 0 Å². The summed E-state index contributed by atoms with van der Waals surface area (Å²) in [6.07, 6.45) is 2.86. The molecule has 1 saturated heterocycles. The van der Waals surface area contributed by atoms with Crippen LogP contribution in [0.2, 0.25) is 0 Å². The van der Waals surface area contributed by atoms with Crippen LogP contribution in [0.25, 0.3) is 0 Å². The van der Waals surface area contributed by atoms with Crippen molar-refractivity contribution in [3.63, 3.8) is 0 Å². The van der Waals surface area contributed by atoms with Gasteiger partial charge in [0.05, 0.1) is 0 Å². The minimum absolute atomic E-state index is 0.396. The smallest absolute Gasteiger partial charge is 0.0322 e. The summed E-state index contributed by atoms with van der Waals surface area (Å²) in [5, 5.41) is 6.97. The second kappa shape index (κ2) is 2.46. The Kier molecular flexibility index (Phi) is 1.69. The maximum absolute atomic E-state index is 3.69. The molecule has 1 heterocycles. The Balaban J connectivity index is 1.81. The molecule has 2 N–H and O–H groups in total. The van der Waals surface area contributed by atoms with Crippen LogP contribution in [-0.4, -0.2) is 24.7 Å². The Morgan fingerprint density at radius 1 is 1.27 bits per heavy atom. The molecule has 2 heteroatoms. The van der Waals surface area contributed by atoms with Crippen molar-refractivity contribution in [2.75, 3.05) is 13.1 Å². The molecule has 0 aromatic rings. The van der Waals surface area contributed by atoms with Gasteiger partial charge in [-0.25, -0.2) is 0 Å². The molecule has 1 saturated carbocycles. The summed E-state index contributed by atoms with van der Waals surface area (Å²) >= 11 is 0. The third-order valence-corrected chi connectivity index (χ3v) is 2.96. The van der Waals surface area contributed by atoms with Crippen molar-refractivity contribution in [1.82, 2.24) is 10.6 Å². The summed E-state index contributed by atoms with van der Waals surface area (Å²) in [6.45, 7) is 7.00. The average molecular weight is 154 g/mol. The highest BCUT2D eigenvalue weighted by atomic mass is 15.1. The molecule has 2 nitrogen and oxygen atoms in total. The fourth-order valence-corrected chi connectivity index (χ4v) is 1.84. The van der Waals surface area contributed by atoms with Gasteiger partial charge in [-0.05, 0) is 32.6 Å². The van der Waals surface area contributed by atoms with Crippen LogP contribution in [0.15, 0.2) is 0 Å². The van der Waals surface area contributed by atoms with Gasteiger partial charge in [0.2, 0.25) is 0 Å². The first-order valence-corrected chi connectivity index (χ1v) is 4.67. The van der Waals surface area contributed by atoms with E-state index >= 15 is 0 Å². The topological polar surface area (TPSA) is 24.1 Å². The van der Waals surface area contributed by atoms with Gasteiger partial charge in [-0.1, -0.05) is 0 Å². The molecule has 0 amide bonds. The lowest BCUT2D eigenvalue weighted by molar-refractivity contribution is 0.247. The van der Waals surface area contributed by atoms with E-state index in [1.54, 1.807) is 0 Å². The molecule has 0 aromatic heterocycles. The molecular formula is C9H18N2. The Hall–Kier alpha value is -0.0800. The van der Waals surface area contributed by atoms with Gasteiger partial charge in [0, 0.05) is 24.7 Å². The molecule has 2 rings (SSSR count). The maximum atomic E-state index is 3.69. The lowest BCUT2D eigenvalue weighted by Crippen LogP contribution is -2.61. The molecule has 0 aromatic carbocycles. The summed E-state index contributed by atoms with van der Waals surface area (Å²) in [4.78, 5) is 0. The first-order chi connectivity index (χ1) is 5.18. The number of hydrogen-bond acceptors (Lipinski definition) is 2. The van der Waals surface area contributed by atoms with Crippen molar-refractivity contribution in [3.05, 3.63) is 0 Å². The normalized spacial score (nSPS) is 26.7. The van der Waals surface area contributed by atoms with Gasteiger partial charge < -0.3 is 10.6 Å². The number of nitrogens with one attached hydrogen (secondary N) is 2. The summed E-state index contributed by atoms with van der Waals surface area (Å²) in [6, 6.07) is 0.741. The number of rotatable bonds is 3. The van der Waals surface area contributed by atoms with Crippen LogP contribution in [0, 0.1) is 5.92 Å². The van der Waals surface area contributed by atoms with Crippen LogP contribution in [0.3, 0.4) is 0 Å². The third-order valence-electron chi connectivity index (χ3n) is 2.96. The van der Waals surface area contributed by atoms with Gasteiger partial charge in [-0.2, -0.15) is 0 Å². The highest BCUT2D eigenvalue weighted by Gasteiger charge is 2.39. The van der Waals surface area contributed by atoms with E-state index in [0.717, 1.165) is 25.0 Å². The average Bonchev–Trinajstić information content (AvgIpc) is 2.58. The van der Waals surface area contributed by atoms with Crippen molar-refractivity contribution in [2.24, 2.45) is 5.92 Å². The van der Waals surface area contributed by atoms with Crippen LogP contribution in [0.1, 0.15) is 26.7 Å². The Morgan fingerprint density at radius 3 is 2.27 bits per heavy atom. The van der Waals surface area contributed by atoms with Crippen LogP contribution >= 0.6 is 0 Å². The van der Waals surface area contributed by atoms with Crippen LogP contribution < -0.4 is 10.6 Å². The minimum atomic E-state index is 0.396. The van der Waals surface area contributed by atoms with Crippen molar-refractivity contribution in [1.29, 1.82) is 0 Å². The predicted octanol–water partition coefficient (Wildman–Crippen LogP) is 0.736. The molecule has 2 aliphatic rings. The minimum Gasteiger partial charge on any atom is -0.314 e. The second-order valence-corrected chi connectivity index (χ2v) is 4.50. The Labute approximate surface area is 68.7 Å². The fourth-order valence-electron chi connectivity index (χ4n) is 1.84. The Bertz CT molecular complexity index is 146. The lowest BCUT2D eigenvalue weighted by Gasteiger charge is -2.37. The van der Waals surface area contributed by atoms with Crippen LogP contribution in [0.5, 0.6) is 0 Å². The standard InChI is InChI=1S/C9H18N2/c1-9(2,7-3-4-7)11-8-5-10-6-8/h7-8,10-11H,3-6H2,1-2H3. The van der Waals surface area contributed by atoms with E-state index in [4.69, 9.17) is 0 Å². The van der Waals surface area contributed by atoms with Crippen molar-refractivity contribution in [2.45, 2.75) is 38.3 Å². The highest BCUT2D eigenvalue weighted by Crippen LogP contribution is 2.39. The molecule has 0 bridgehead atoms. The van der Waals surface area contributed by atoms with E-state index in [9.17, 15) is 0 Å². The zero-order valence-corrected chi connectivity index (χ0v) is 7.48. The molecule has 11 heavy (non-hydrogen) atoms. The molecule has 1 aliphatic heterocycles.